The molecule has 4 rings (SSSR count). The molecule has 2 N–H and O–H groups in total. The van der Waals surface area contributed by atoms with E-state index < -0.39 is 0 Å². The summed E-state index contributed by atoms with van der Waals surface area (Å²) in [5.74, 6) is 0.948. The number of aromatic nitrogens is 3. The highest BCUT2D eigenvalue weighted by Gasteiger charge is 2.37. The van der Waals surface area contributed by atoms with Gasteiger partial charge in [-0.15, -0.1) is 0 Å². The second-order valence-corrected chi connectivity index (χ2v) is 5.23. The van der Waals surface area contributed by atoms with Crippen molar-refractivity contribution in [2.24, 2.45) is 5.92 Å². The molecule has 6 heteroatoms. The topological polar surface area (TPSA) is 73.9 Å². The highest BCUT2D eigenvalue weighted by molar-refractivity contribution is 5.82. The summed E-state index contributed by atoms with van der Waals surface area (Å²) < 4.78 is 0. The summed E-state index contributed by atoms with van der Waals surface area (Å²) >= 11 is 0. The molecular weight excluding hydrogens is 230 g/mol. The first-order valence-electron chi connectivity index (χ1n) is 6.69. The Balaban J connectivity index is 1.47. The Morgan fingerprint density at radius 3 is 2.94 bits per heavy atom. The molecule has 2 bridgehead atoms. The molecule has 0 aliphatic carbocycles. The molecule has 1 atom stereocenters. The average Bonchev–Trinajstić information content (AvgIpc) is 2.93. The maximum Gasteiger partial charge on any atom is 0.237 e. The normalized spacial score (nSPS) is 30.3. The Bertz CT molecular complexity index is 397. The van der Waals surface area contributed by atoms with Crippen LogP contribution in [-0.4, -0.2) is 51.9 Å². The van der Waals surface area contributed by atoms with E-state index in [2.05, 4.69) is 25.6 Å². The summed E-state index contributed by atoms with van der Waals surface area (Å²) in [5.41, 5.74) is 0.890. The van der Waals surface area contributed by atoms with Gasteiger partial charge in [0.15, 0.2) is 0 Å². The van der Waals surface area contributed by atoms with Gasteiger partial charge in [-0.25, -0.2) is 0 Å². The van der Waals surface area contributed by atoms with Gasteiger partial charge in [-0.2, -0.15) is 15.4 Å². The molecule has 1 amide bonds. The summed E-state index contributed by atoms with van der Waals surface area (Å²) in [6.45, 7) is 2.82. The number of aromatic amines is 1. The number of carbonyl (C=O) groups excluding carboxylic acids is 1. The van der Waals surface area contributed by atoms with Crippen LogP contribution in [0.2, 0.25) is 0 Å². The number of H-pyrrole nitrogens is 1. The number of hydrogen-bond donors (Lipinski definition) is 2. The highest BCUT2D eigenvalue weighted by Crippen LogP contribution is 2.31. The zero-order valence-corrected chi connectivity index (χ0v) is 10.4. The summed E-state index contributed by atoms with van der Waals surface area (Å²) in [6.07, 6.45) is 6.00. The van der Waals surface area contributed by atoms with E-state index in [1.165, 1.54) is 12.8 Å². The number of nitrogens with zero attached hydrogens (tertiary/aromatic N) is 3. The molecular formula is C12H19N5O. The van der Waals surface area contributed by atoms with Gasteiger partial charge < -0.3 is 5.32 Å². The van der Waals surface area contributed by atoms with Crippen molar-refractivity contribution in [1.82, 2.24) is 25.6 Å². The van der Waals surface area contributed by atoms with Crippen LogP contribution in [0.3, 0.4) is 0 Å². The van der Waals surface area contributed by atoms with Crippen molar-refractivity contribution in [2.45, 2.75) is 31.7 Å². The molecule has 3 saturated heterocycles. The van der Waals surface area contributed by atoms with Gasteiger partial charge in [0, 0.05) is 13.0 Å². The first-order chi connectivity index (χ1) is 8.83. The van der Waals surface area contributed by atoms with Crippen molar-refractivity contribution < 1.29 is 4.79 Å². The largest absolute Gasteiger partial charge is 0.354 e. The molecule has 6 nitrogen and oxygen atoms in total. The van der Waals surface area contributed by atoms with Gasteiger partial charge in [-0.1, -0.05) is 0 Å². The van der Waals surface area contributed by atoms with E-state index in [1.54, 1.807) is 6.20 Å². The molecule has 3 fully saturated rings. The fraction of sp³-hybridized carbons (Fsp3) is 0.750. The van der Waals surface area contributed by atoms with E-state index in [-0.39, 0.29) is 11.9 Å². The molecule has 0 saturated carbocycles. The van der Waals surface area contributed by atoms with Gasteiger partial charge in [0.25, 0.3) is 0 Å². The van der Waals surface area contributed by atoms with Gasteiger partial charge >= 0.3 is 0 Å². The molecule has 1 aromatic heterocycles. The van der Waals surface area contributed by atoms with E-state index in [4.69, 9.17) is 0 Å². The lowest BCUT2D eigenvalue weighted by Crippen LogP contribution is -2.55. The molecule has 0 radical (unpaired) electrons. The predicted octanol–water partition coefficient (Wildman–Crippen LogP) is -0.0523. The first kappa shape index (κ1) is 11.6. The minimum Gasteiger partial charge on any atom is -0.354 e. The third kappa shape index (κ3) is 2.38. The van der Waals surface area contributed by atoms with Crippen molar-refractivity contribution in [3.8, 4) is 0 Å². The zero-order chi connectivity index (χ0) is 12.4. The average molecular weight is 249 g/mol. The summed E-state index contributed by atoms with van der Waals surface area (Å²) in [6, 6.07) is 0.106. The quantitative estimate of drug-likeness (QED) is 0.784. The van der Waals surface area contributed by atoms with Crippen molar-refractivity contribution in [2.75, 3.05) is 19.6 Å². The number of hydrogen-bond acceptors (Lipinski definition) is 4. The van der Waals surface area contributed by atoms with Gasteiger partial charge in [0.1, 0.15) is 0 Å². The molecule has 0 aromatic carbocycles. The minimum atomic E-state index is 0.106. The highest BCUT2D eigenvalue weighted by atomic mass is 16.2. The van der Waals surface area contributed by atoms with Crippen LogP contribution in [0.25, 0.3) is 0 Å². The number of fused-ring (bicyclic) bond motifs is 3. The van der Waals surface area contributed by atoms with Crippen LogP contribution in [0, 0.1) is 5.92 Å². The monoisotopic (exact) mass is 249 g/mol. The Morgan fingerprint density at radius 2 is 2.33 bits per heavy atom. The second-order valence-electron chi connectivity index (χ2n) is 5.23. The minimum absolute atomic E-state index is 0.106. The molecule has 0 spiro atoms. The molecule has 3 aliphatic rings. The van der Waals surface area contributed by atoms with Gasteiger partial charge in [0.2, 0.25) is 5.91 Å². The lowest BCUT2D eigenvalue weighted by atomic mass is 9.83. The lowest BCUT2D eigenvalue weighted by Gasteiger charge is -2.44. The van der Waals surface area contributed by atoms with Crippen LogP contribution in [0.5, 0.6) is 0 Å². The standard InChI is InChI=1S/C12H19N5O/c18-12(13-4-1-10-8-14-16-15-10)11-7-9-2-5-17(11)6-3-9/h8-9,11H,1-7H2,(H,13,18)(H,14,15,16). The number of carbonyl (C=O) groups is 1. The third-order valence-corrected chi connectivity index (χ3v) is 4.09. The Hall–Kier alpha value is -1.43. The summed E-state index contributed by atoms with van der Waals surface area (Å²) in [5, 5.41) is 13.3. The van der Waals surface area contributed by atoms with Crippen LogP contribution in [0.4, 0.5) is 0 Å². The van der Waals surface area contributed by atoms with Gasteiger partial charge in [-0.05, 0) is 38.3 Å². The van der Waals surface area contributed by atoms with E-state index in [0.29, 0.717) is 6.54 Å². The lowest BCUT2D eigenvalue weighted by molar-refractivity contribution is -0.130. The molecule has 4 heterocycles. The van der Waals surface area contributed by atoms with Crippen molar-refractivity contribution >= 4 is 5.91 Å². The fourth-order valence-electron chi connectivity index (χ4n) is 3.02. The SMILES string of the molecule is O=C(NCCc1cn[nH]n1)C1CC2CCN1CC2. The molecule has 18 heavy (non-hydrogen) atoms. The fourth-order valence-corrected chi connectivity index (χ4v) is 3.02. The predicted molar refractivity (Wildman–Crippen MR) is 65.8 cm³/mol. The number of amides is 1. The number of rotatable bonds is 4. The third-order valence-electron chi connectivity index (χ3n) is 4.09. The zero-order valence-electron chi connectivity index (χ0n) is 10.4. The summed E-state index contributed by atoms with van der Waals surface area (Å²) in [4.78, 5) is 14.4. The van der Waals surface area contributed by atoms with Crippen LogP contribution in [0.1, 0.15) is 25.0 Å². The van der Waals surface area contributed by atoms with Crippen LogP contribution < -0.4 is 5.32 Å². The van der Waals surface area contributed by atoms with E-state index in [9.17, 15) is 4.79 Å². The van der Waals surface area contributed by atoms with Crippen molar-refractivity contribution in [1.29, 1.82) is 0 Å². The molecule has 98 valence electrons. The maximum absolute atomic E-state index is 12.1. The van der Waals surface area contributed by atoms with E-state index in [0.717, 1.165) is 37.5 Å². The second kappa shape index (κ2) is 5.06. The Labute approximate surface area is 106 Å². The van der Waals surface area contributed by atoms with E-state index >= 15 is 0 Å². The maximum atomic E-state index is 12.1. The smallest absolute Gasteiger partial charge is 0.237 e. The molecule has 3 aliphatic heterocycles. The molecule has 1 aromatic rings. The van der Waals surface area contributed by atoms with Gasteiger partial charge in [-0.3, -0.25) is 9.69 Å². The number of nitrogens with one attached hydrogen (secondary N) is 2. The van der Waals surface area contributed by atoms with Crippen LogP contribution in [0.15, 0.2) is 6.20 Å². The summed E-state index contributed by atoms with van der Waals surface area (Å²) in [7, 11) is 0. The van der Waals surface area contributed by atoms with Crippen LogP contribution >= 0.6 is 0 Å². The van der Waals surface area contributed by atoms with Crippen molar-refractivity contribution in [3.05, 3.63) is 11.9 Å². The Morgan fingerprint density at radius 1 is 1.50 bits per heavy atom. The van der Waals surface area contributed by atoms with E-state index in [1.807, 2.05) is 0 Å². The van der Waals surface area contributed by atoms with Crippen LogP contribution in [-0.2, 0) is 11.2 Å². The number of piperidine rings is 3. The van der Waals surface area contributed by atoms with Gasteiger partial charge in [0.05, 0.1) is 17.9 Å². The van der Waals surface area contributed by atoms with Crippen molar-refractivity contribution in [3.63, 3.8) is 0 Å². The molecule has 1 unspecified atom stereocenters. The Kier molecular flexibility index (Phi) is 3.27. The first-order valence-corrected chi connectivity index (χ1v) is 6.69.